The first-order valence-electron chi connectivity index (χ1n) is 14.7. The van der Waals surface area contributed by atoms with Gasteiger partial charge in [0.15, 0.2) is 17.7 Å². The predicted molar refractivity (Wildman–Crippen MR) is 159 cm³/mol. The van der Waals surface area contributed by atoms with Gasteiger partial charge in [0.2, 0.25) is 0 Å². The molecule has 0 bridgehead atoms. The van der Waals surface area contributed by atoms with Gasteiger partial charge in [-0.1, -0.05) is 26.8 Å². The number of imidazole rings is 2. The molecule has 1 saturated heterocycles. The fourth-order valence-corrected chi connectivity index (χ4v) is 6.41. The molecule has 4 heterocycles. The molecule has 3 aromatic heterocycles. The molecule has 12 heteroatoms. The Bertz CT molecular complexity index is 1570. The van der Waals surface area contributed by atoms with Crippen LogP contribution >= 0.6 is 0 Å². The molecule has 1 aliphatic heterocycles. The van der Waals surface area contributed by atoms with Crippen LogP contribution < -0.4 is 5.73 Å². The maximum Gasteiger partial charge on any atom is 0.167 e. The Kier molecular flexibility index (Phi) is 7.25. The van der Waals surface area contributed by atoms with E-state index in [9.17, 15) is 15.3 Å². The summed E-state index contributed by atoms with van der Waals surface area (Å²) < 4.78 is 7.79. The maximum absolute atomic E-state index is 11.3. The number of anilines is 1. The first kappa shape index (κ1) is 28.9. The molecule has 226 valence electrons. The van der Waals surface area contributed by atoms with E-state index in [1.165, 1.54) is 18.2 Å². The Balaban J connectivity index is 1.08. The van der Waals surface area contributed by atoms with Gasteiger partial charge in [0.25, 0.3) is 0 Å². The summed E-state index contributed by atoms with van der Waals surface area (Å²) in [5.41, 5.74) is 9.26. The Labute approximate surface area is 245 Å². The van der Waals surface area contributed by atoms with Crippen LogP contribution in [0.4, 0.5) is 5.82 Å². The summed E-state index contributed by atoms with van der Waals surface area (Å²) in [6.07, 6.45) is 1.59. The van der Waals surface area contributed by atoms with Gasteiger partial charge in [0, 0.05) is 25.0 Å². The van der Waals surface area contributed by atoms with E-state index in [2.05, 4.69) is 77.7 Å². The minimum Gasteiger partial charge on any atom is -0.390 e. The normalized spacial score (nSPS) is 28.4. The number of aryl methyl sites for hydroxylation is 1. The van der Waals surface area contributed by atoms with E-state index in [1.54, 1.807) is 4.57 Å². The molecule has 0 spiro atoms. The first-order chi connectivity index (χ1) is 19.8. The number of benzene rings is 1. The van der Waals surface area contributed by atoms with Gasteiger partial charge >= 0.3 is 0 Å². The highest BCUT2D eigenvalue weighted by Gasteiger charge is 2.49. The van der Waals surface area contributed by atoms with Crippen LogP contribution in [-0.2, 0) is 16.6 Å². The summed E-state index contributed by atoms with van der Waals surface area (Å²) in [6, 6.07) is 6.65. The summed E-state index contributed by atoms with van der Waals surface area (Å²) >= 11 is 0. The van der Waals surface area contributed by atoms with Gasteiger partial charge in [-0.25, -0.2) is 19.9 Å². The molecule has 0 unspecified atom stereocenters. The third-order valence-electron chi connectivity index (χ3n) is 8.98. The van der Waals surface area contributed by atoms with E-state index < -0.39 is 30.1 Å². The Hall–Kier alpha value is -3.16. The lowest BCUT2D eigenvalue weighted by molar-refractivity contribution is -0.119. The SMILES string of the molecule is CC(C)N(C[C@H]1O[C@@H](n2cnc3c(N)ncnc32)[C@H](O)[C@@H]1O)[C@H]1C[C@@](O)(CCc2nc3cc(C(C)(C)C)ccc3[nH]2)C1. The van der Waals surface area contributed by atoms with Crippen molar-refractivity contribution in [2.24, 2.45) is 0 Å². The number of fused-ring (bicyclic) bond motifs is 2. The summed E-state index contributed by atoms with van der Waals surface area (Å²) in [4.78, 5) is 22.9. The lowest BCUT2D eigenvalue weighted by Gasteiger charge is -2.50. The third kappa shape index (κ3) is 5.26. The molecule has 2 fully saturated rings. The molecular weight excluding hydrogens is 536 g/mol. The summed E-state index contributed by atoms with van der Waals surface area (Å²) in [6.45, 7) is 11.2. The number of hydrogen-bond donors (Lipinski definition) is 5. The van der Waals surface area contributed by atoms with Gasteiger partial charge in [-0.05, 0) is 56.2 Å². The van der Waals surface area contributed by atoms with Gasteiger partial charge in [0.1, 0.15) is 36.0 Å². The fourth-order valence-electron chi connectivity index (χ4n) is 6.41. The zero-order valence-electron chi connectivity index (χ0n) is 24.9. The molecule has 6 N–H and O–H groups in total. The van der Waals surface area contributed by atoms with Crippen LogP contribution in [0, 0.1) is 0 Å². The third-order valence-corrected chi connectivity index (χ3v) is 8.98. The fraction of sp³-hybridized carbons (Fsp3) is 0.600. The standard InChI is InChI=1S/C30H42N8O4/c1-16(2)37(13-21-24(39)25(40)28(42-21)38-15-34-23-26(31)32-14-33-27(23)38)18-11-30(41,12-18)9-8-22-35-19-7-6-17(29(3,4)5)10-20(19)36-22/h6-7,10,14-16,18,21,24-25,28,39-41H,8-9,11-13H2,1-5H3,(H,35,36)(H2,31,32,33)/t18-,21-,24-,25-,28-,30-/m1/s1. The quantitative estimate of drug-likeness (QED) is 0.209. The molecule has 1 saturated carbocycles. The Morgan fingerprint density at radius 2 is 1.93 bits per heavy atom. The zero-order valence-corrected chi connectivity index (χ0v) is 24.9. The van der Waals surface area contributed by atoms with Gasteiger partial charge in [-0.15, -0.1) is 0 Å². The van der Waals surface area contributed by atoms with Gasteiger partial charge in [-0.3, -0.25) is 9.47 Å². The first-order valence-corrected chi connectivity index (χ1v) is 14.7. The summed E-state index contributed by atoms with van der Waals surface area (Å²) in [5.74, 6) is 1.12. The van der Waals surface area contributed by atoms with Crippen molar-refractivity contribution in [2.45, 2.75) is 108 Å². The second-order valence-corrected chi connectivity index (χ2v) is 13.4. The van der Waals surface area contributed by atoms with Crippen molar-refractivity contribution in [1.82, 2.24) is 34.4 Å². The van der Waals surface area contributed by atoms with Crippen molar-refractivity contribution in [2.75, 3.05) is 12.3 Å². The highest BCUT2D eigenvalue weighted by atomic mass is 16.6. The largest absolute Gasteiger partial charge is 0.390 e. The molecule has 12 nitrogen and oxygen atoms in total. The lowest BCUT2D eigenvalue weighted by Crippen LogP contribution is -2.59. The summed E-state index contributed by atoms with van der Waals surface area (Å²) in [7, 11) is 0. The van der Waals surface area contributed by atoms with E-state index in [1.807, 2.05) is 0 Å². The monoisotopic (exact) mass is 578 g/mol. The highest BCUT2D eigenvalue weighted by Crippen LogP contribution is 2.41. The molecule has 1 aromatic carbocycles. The minimum absolute atomic E-state index is 0.0572. The number of nitrogen functional groups attached to an aromatic ring is 1. The van der Waals surface area contributed by atoms with Crippen molar-refractivity contribution in [3.05, 3.63) is 42.2 Å². The second kappa shape index (κ2) is 10.5. The lowest BCUT2D eigenvalue weighted by atomic mass is 9.71. The van der Waals surface area contributed by atoms with Crippen molar-refractivity contribution >= 4 is 28.0 Å². The topological polar surface area (TPSA) is 171 Å². The van der Waals surface area contributed by atoms with Crippen molar-refractivity contribution in [3.8, 4) is 0 Å². The Morgan fingerprint density at radius 1 is 1.17 bits per heavy atom. The minimum atomic E-state index is -1.17. The Morgan fingerprint density at radius 3 is 2.64 bits per heavy atom. The number of nitrogens with one attached hydrogen (secondary N) is 1. The van der Waals surface area contributed by atoms with Crippen LogP contribution in [0.1, 0.15) is 71.5 Å². The van der Waals surface area contributed by atoms with Crippen LogP contribution in [0.3, 0.4) is 0 Å². The molecule has 1 aliphatic carbocycles. The molecule has 4 atom stereocenters. The average molecular weight is 579 g/mol. The van der Waals surface area contributed by atoms with Crippen molar-refractivity contribution in [3.63, 3.8) is 0 Å². The van der Waals surface area contributed by atoms with E-state index in [4.69, 9.17) is 15.5 Å². The molecule has 4 aromatic rings. The molecule has 0 amide bonds. The molecular formula is C30H42N8O4. The predicted octanol–water partition coefficient (Wildman–Crippen LogP) is 2.44. The van der Waals surface area contributed by atoms with Crippen LogP contribution in [-0.4, -0.2) is 92.2 Å². The van der Waals surface area contributed by atoms with Crippen LogP contribution in [0.2, 0.25) is 0 Å². The van der Waals surface area contributed by atoms with Gasteiger partial charge in [0.05, 0.1) is 23.0 Å². The van der Waals surface area contributed by atoms with Crippen LogP contribution in [0.15, 0.2) is 30.9 Å². The van der Waals surface area contributed by atoms with E-state index in [0.717, 1.165) is 16.9 Å². The molecule has 42 heavy (non-hydrogen) atoms. The second-order valence-electron chi connectivity index (χ2n) is 13.4. The zero-order chi connectivity index (χ0) is 30.0. The molecule has 6 rings (SSSR count). The van der Waals surface area contributed by atoms with Gasteiger partial charge < -0.3 is 30.8 Å². The van der Waals surface area contributed by atoms with E-state index in [-0.39, 0.29) is 23.3 Å². The van der Waals surface area contributed by atoms with Crippen LogP contribution in [0.5, 0.6) is 0 Å². The number of nitrogens with two attached hydrogens (primary N) is 1. The molecule has 2 aliphatic rings. The average Bonchev–Trinajstić information content (AvgIpc) is 3.60. The highest BCUT2D eigenvalue weighted by molar-refractivity contribution is 5.81. The number of nitrogens with zero attached hydrogens (tertiary/aromatic N) is 6. The maximum atomic E-state index is 11.3. The number of ether oxygens (including phenoxy) is 1. The van der Waals surface area contributed by atoms with E-state index in [0.29, 0.717) is 43.4 Å². The number of aromatic amines is 1. The number of hydrogen-bond acceptors (Lipinski definition) is 10. The number of H-pyrrole nitrogens is 1. The number of aliphatic hydroxyl groups excluding tert-OH is 2. The van der Waals surface area contributed by atoms with Crippen molar-refractivity contribution in [1.29, 1.82) is 0 Å². The van der Waals surface area contributed by atoms with Crippen LogP contribution in [0.25, 0.3) is 22.2 Å². The molecule has 0 radical (unpaired) electrons. The van der Waals surface area contributed by atoms with Gasteiger partial charge in [-0.2, -0.15) is 0 Å². The smallest absolute Gasteiger partial charge is 0.167 e. The van der Waals surface area contributed by atoms with Crippen molar-refractivity contribution < 1.29 is 20.1 Å². The number of aromatic nitrogens is 6. The van der Waals surface area contributed by atoms with E-state index >= 15 is 0 Å². The number of rotatable bonds is 8. The number of aliphatic hydroxyl groups is 3. The summed E-state index contributed by atoms with van der Waals surface area (Å²) in [5, 5.41) is 33.2.